The van der Waals surface area contributed by atoms with Crippen LogP contribution in [0.5, 0.6) is 0 Å². The fourth-order valence-corrected chi connectivity index (χ4v) is 4.11. The fourth-order valence-electron chi connectivity index (χ4n) is 2.86. The van der Waals surface area contributed by atoms with Gasteiger partial charge in [-0.15, -0.1) is 0 Å². The number of amides is 1. The molecule has 0 aliphatic carbocycles. The van der Waals surface area contributed by atoms with Crippen molar-refractivity contribution in [2.24, 2.45) is 0 Å². The van der Waals surface area contributed by atoms with Crippen LogP contribution in [0.25, 0.3) is 0 Å². The monoisotopic (exact) mass is 379 g/mol. The molecule has 8 nitrogen and oxygen atoms in total. The molecule has 1 unspecified atom stereocenters. The van der Waals surface area contributed by atoms with Crippen LogP contribution < -0.4 is 10.0 Å². The Morgan fingerprint density at radius 3 is 2.62 bits per heavy atom. The lowest BCUT2D eigenvalue weighted by Gasteiger charge is -2.35. The number of anilines is 1. The van der Waals surface area contributed by atoms with Crippen LogP contribution >= 0.6 is 0 Å². The highest BCUT2D eigenvalue weighted by Crippen LogP contribution is 2.28. The summed E-state index contributed by atoms with van der Waals surface area (Å²) in [6.07, 6.45) is 1.09. The van der Waals surface area contributed by atoms with E-state index in [0.717, 1.165) is 9.87 Å². The van der Waals surface area contributed by atoms with Crippen LogP contribution in [0, 0.1) is 0 Å². The van der Waals surface area contributed by atoms with E-state index in [0.29, 0.717) is 11.4 Å². The summed E-state index contributed by atoms with van der Waals surface area (Å²) in [6.45, 7) is 1.65. The van der Waals surface area contributed by atoms with Crippen LogP contribution in [0.15, 0.2) is 47.1 Å². The summed E-state index contributed by atoms with van der Waals surface area (Å²) >= 11 is 0. The number of nitrogens with one attached hydrogen (secondary N) is 2. The quantitative estimate of drug-likeness (QED) is 0.746. The molecule has 0 saturated carbocycles. The van der Waals surface area contributed by atoms with Gasteiger partial charge in [0, 0.05) is 12.7 Å². The maximum atomic E-state index is 12.7. The van der Waals surface area contributed by atoms with Gasteiger partial charge in [-0.1, -0.05) is 12.1 Å². The molecule has 3 atom stereocenters. The summed E-state index contributed by atoms with van der Waals surface area (Å²) in [7, 11) is -2.45. The van der Waals surface area contributed by atoms with Crippen molar-refractivity contribution in [2.75, 3.05) is 12.4 Å². The maximum Gasteiger partial charge on any atom is 0.280 e. The lowest BCUT2D eigenvalue weighted by molar-refractivity contribution is -0.120. The van der Waals surface area contributed by atoms with E-state index in [1.165, 1.54) is 13.3 Å². The van der Waals surface area contributed by atoms with Gasteiger partial charge in [-0.05, 0) is 43.2 Å². The zero-order chi connectivity index (χ0) is 18.9. The summed E-state index contributed by atoms with van der Waals surface area (Å²) in [4.78, 5) is 12.7. The largest absolute Gasteiger partial charge is 0.468 e. The number of aliphatic hydroxyl groups is 1. The minimum Gasteiger partial charge on any atom is -0.468 e. The maximum absolute atomic E-state index is 12.7. The Kier molecular flexibility index (Phi) is 5.15. The molecule has 1 aliphatic heterocycles. The fraction of sp³-hybridized carbons (Fsp3) is 0.353. The van der Waals surface area contributed by atoms with E-state index in [1.807, 2.05) is 0 Å². The van der Waals surface area contributed by atoms with Crippen molar-refractivity contribution in [1.29, 1.82) is 0 Å². The second-order valence-corrected chi connectivity index (χ2v) is 8.01. The second kappa shape index (κ2) is 7.20. The normalized spacial score (nSPS) is 24.1. The number of carbonyl (C=O) groups excluding carboxylic acids is 1. The minimum absolute atomic E-state index is 0.237. The number of benzene rings is 1. The molecule has 1 amide bonds. The molecule has 1 aromatic heterocycles. The average Bonchev–Trinajstić information content (AvgIpc) is 3.12. The Balaban J connectivity index is 1.78. The highest BCUT2D eigenvalue weighted by molar-refractivity contribution is 7.87. The predicted molar refractivity (Wildman–Crippen MR) is 95.4 cm³/mol. The number of nitrogens with zero attached hydrogens (tertiary/aromatic N) is 1. The van der Waals surface area contributed by atoms with Crippen molar-refractivity contribution in [3.63, 3.8) is 0 Å². The topological polar surface area (TPSA) is 112 Å². The molecule has 1 aromatic carbocycles. The Morgan fingerprint density at radius 1 is 1.35 bits per heavy atom. The van der Waals surface area contributed by atoms with Crippen molar-refractivity contribution in [3.8, 4) is 0 Å². The predicted octanol–water partition coefficient (Wildman–Crippen LogP) is 1.55. The molecule has 2 aromatic rings. The third kappa shape index (κ3) is 3.80. The van der Waals surface area contributed by atoms with Gasteiger partial charge in [0.25, 0.3) is 10.2 Å². The van der Waals surface area contributed by atoms with Gasteiger partial charge in [-0.25, -0.2) is 0 Å². The number of rotatable bonds is 4. The molecule has 0 bridgehead atoms. The van der Waals surface area contributed by atoms with Crippen LogP contribution in [0.3, 0.4) is 0 Å². The van der Waals surface area contributed by atoms with Gasteiger partial charge in [0.1, 0.15) is 11.8 Å². The molecule has 1 aliphatic rings. The number of carbonyl (C=O) groups is 1. The molecule has 2 heterocycles. The third-order valence-electron chi connectivity index (χ3n) is 4.42. The van der Waals surface area contributed by atoms with Gasteiger partial charge in [0.15, 0.2) is 0 Å². The van der Waals surface area contributed by atoms with E-state index >= 15 is 0 Å². The van der Waals surface area contributed by atoms with Gasteiger partial charge < -0.3 is 14.8 Å². The highest BCUT2D eigenvalue weighted by Gasteiger charge is 2.41. The molecule has 26 heavy (non-hydrogen) atoms. The Labute approximate surface area is 152 Å². The second-order valence-electron chi connectivity index (χ2n) is 6.25. The Morgan fingerprint density at radius 2 is 2.04 bits per heavy atom. The standard InChI is InChI=1S/C17H21N3O5S/c1-11(21)12-5-7-13(8-6-12)18-17(22)15-10-14(16-4-3-9-25-16)19-26(23,24)20(15)2/h3-9,11,14-15,19,21H,10H2,1-2H3,(H,18,22)/t11?,14-,15+/m0/s1. The van der Waals surface area contributed by atoms with E-state index in [9.17, 15) is 18.3 Å². The summed E-state index contributed by atoms with van der Waals surface area (Å²) in [5.41, 5.74) is 1.25. The lowest BCUT2D eigenvalue weighted by atomic mass is 10.0. The molecule has 0 radical (unpaired) electrons. The first-order valence-corrected chi connectivity index (χ1v) is 9.59. The van der Waals surface area contributed by atoms with Crippen molar-refractivity contribution in [1.82, 2.24) is 9.03 Å². The molecular weight excluding hydrogens is 358 g/mol. The van der Waals surface area contributed by atoms with Crippen LogP contribution in [-0.2, 0) is 15.0 Å². The molecule has 140 valence electrons. The van der Waals surface area contributed by atoms with Crippen molar-refractivity contribution in [3.05, 3.63) is 54.0 Å². The molecule has 3 N–H and O–H groups in total. The first kappa shape index (κ1) is 18.6. The van der Waals surface area contributed by atoms with Crippen LogP contribution in [0.4, 0.5) is 5.69 Å². The van der Waals surface area contributed by atoms with Crippen LogP contribution in [0.1, 0.15) is 36.8 Å². The van der Waals surface area contributed by atoms with Gasteiger partial charge in [-0.3, -0.25) is 4.79 Å². The summed E-state index contributed by atoms with van der Waals surface area (Å²) in [6, 6.07) is 8.58. The van der Waals surface area contributed by atoms with E-state index in [4.69, 9.17) is 4.42 Å². The lowest BCUT2D eigenvalue weighted by Crippen LogP contribution is -2.55. The molecule has 1 fully saturated rings. The third-order valence-corrected chi connectivity index (χ3v) is 6.01. The highest BCUT2D eigenvalue weighted by atomic mass is 32.2. The Bertz CT molecular complexity index is 862. The molecule has 1 saturated heterocycles. The number of hydrogen-bond acceptors (Lipinski definition) is 5. The van der Waals surface area contributed by atoms with Crippen LogP contribution in [0.2, 0.25) is 0 Å². The van der Waals surface area contributed by atoms with Gasteiger partial charge in [0.05, 0.1) is 18.4 Å². The average molecular weight is 379 g/mol. The first-order valence-electron chi connectivity index (χ1n) is 8.15. The molecular formula is C17H21N3O5S. The van der Waals surface area contributed by atoms with E-state index in [1.54, 1.807) is 43.3 Å². The molecule has 0 spiro atoms. The van der Waals surface area contributed by atoms with E-state index in [-0.39, 0.29) is 6.42 Å². The van der Waals surface area contributed by atoms with Gasteiger partial charge in [0.2, 0.25) is 5.91 Å². The van der Waals surface area contributed by atoms with E-state index in [2.05, 4.69) is 10.0 Å². The van der Waals surface area contributed by atoms with Gasteiger partial charge >= 0.3 is 0 Å². The summed E-state index contributed by atoms with van der Waals surface area (Å²) in [5, 5.41) is 12.3. The summed E-state index contributed by atoms with van der Waals surface area (Å²) < 4.78 is 33.5. The molecule has 3 rings (SSSR count). The number of likely N-dealkylation sites (N-methyl/N-ethyl adjacent to an activating group) is 1. The first-order chi connectivity index (χ1) is 12.3. The minimum atomic E-state index is -3.81. The zero-order valence-corrected chi connectivity index (χ0v) is 15.2. The SMILES string of the molecule is CC(O)c1ccc(NC(=O)[C@H]2C[C@@H](c3ccco3)NS(=O)(=O)N2C)cc1. The molecule has 9 heteroatoms. The number of hydrogen-bond donors (Lipinski definition) is 3. The zero-order valence-electron chi connectivity index (χ0n) is 14.4. The summed E-state index contributed by atoms with van der Waals surface area (Å²) in [5.74, 6) is 0.0275. The number of aliphatic hydroxyl groups excluding tert-OH is 1. The van der Waals surface area contributed by atoms with Gasteiger partial charge in [-0.2, -0.15) is 17.4 Å². The van der Waals surface area contributed by atoms with Crippen molar-refractivity contribution < 1.29 is 22.7 Å². The Hall–Kier alpha value is -2.20. The van der Waals surface area contributed by atoms with Crippen molar-refractivity contribution in [2.45, 2.75) is 31.5 Å². The van der Waals surface area contributed by atoms with E-state index < -0.39 is 34.3 Å². The number of furan rings is 1. The smallest absolute Gasteiger partial charge is 0.280 e. The van der Waals surface area contributed by atoms with Crippen LogP contribution in [-0.4, -0.2) is 36.8 Å². The van der Waals surface area contributed by atoms with Crippen molar-refractivity contribution >= 4 is 21.8 Å².